The van der Waals surface area contributed by atoms with Crippen LogP contribution in [0.1, 0.15) is 24.0 Å². The van der Waals surface area contributed by atoms with Gasteiger partial charge in [-0.25, -0.2) is 0 Å². The summed E-state index contributed by atoms with van der Waals surface area (Å²) in [7, 11) is 1.51. The average molecular weight is 510 g/mol. The van der Waals surface area contributed by atoms with Crippen molar-refractivity contribution < 1.29 is 25.2 Å². The lowest BCUT2D eigenvalue weighted by Crippen LogP contribution is -2.32. The van der Waals surface area contributed by atoms with E-state index in [0.29, 0.717) is 22.2 Å². The summed E-state index contributed by atoms with van der Waals surface area (Å²) in [5.74, 6) is -0.103. The van der Waals surface area contributed by atoms with Gasteiger partial charge in [-0.1, -0.05) is 42.5 Å². The first-order chi connectivity index (χ1) is 13.9. The number of hydrogen-bond acceptors (Lipinski definition) is 5. The van der Waals surface area contributed by atoms with Gasteiger partial charge in [0.1, 0.15) is 0 Å². The van der Waals surface area contributed by atoms with Crippen LogP contribution in [0.25, 0.3) is 11.6 Å². The second-order valence-corrected chi connectivity index (χ2v) is 7.92. The van der Waals surface area contributed by atoms with E-state index in [1.54, 1.807) is 6.07 Å². The molecule has 3 atom stereocenters. The van der Waals surface area contributed by atoms with Crippen LogP contribution in [0.4, 0.5) is 0 Å². The molecule has 156 valence electrons. The molecule has 0 aliphatic rings. The number of phenolic OH excluding ortho intramolecular Hbond substituents is 1. The van der Waals surface area contributed by atoms with Crippen molar-refractivity contribution in [1.29, 1.82) is 0 Å². The Labute approximate surface area is 185 Å². The van der Waals surface area contributed by atoms with Crippen LogP contribution in [0.15, 0.2) is 55.1 Å². The Hall–Kier alpha value is -1.87. The summed E-state index contributed by atoms with van der Waals surface area (Å²) in [5.41, 5.74) is 2.88. The number of benzene rings is 2. The number of phenols is 1. The van der Waals surface area contributed by atoms with Crippen LogP contribution in [0.3, 0.4) is 0 Å². The molecule has 2 aromatic rings. The van der Waals surface area contributed by atoms with E-state index < -0.39 is 24.7 Å². The van der Waals surface area contributed by atoms with Gasteiger partial charge in [-0.05, 0) is 64.3 Å². The Morgan fingerprint density at radius 2 is 1.86 bits per heavy atom. The summed E-state index contributed by atoms with van der Waals surface area (Å²) in [6.45, 7) is 3.23. The molecule has 0 heterocycles. The van der Waals surface area contributed by atoms with E-state index in [2.05, 4.69) is 29.2 Å². The Bertz CT molecular complexity index is 835. The van der Waals surface area contributed by atoms with Gasteiger partial charge in [0.05, 0.1) is 29.5 Å². The van der Waals surface area contributed by atoms with E-state index >= 15 is 0 Å². The normalized spacial score (nSPS) is 14.9. The summed E-state index contributed by atoms with van der Waals surface area (Å²) in [6, 6.07) is 13.4. The van der Waals surface area contributed by atoms with E-state index in [9.17, 15) is 20.4 Å². The highest BCUT2D eigenvalue weighted by molar-refractivity contribution is 14.1. The lowest BCUT2D eigenvalue weighted by molar-refractivity contribution is 0.00257. The third-order valence-corrected chi connectivity index (χ3v) is 5.64. The van der Waals surface area contributed by atoms with Crippen molar-refractivity contribution in [3.8, 4) is 11.5 Å². The van der Waals surface area contributed by atoms with Crippen molar-refractivity contribution in [2.75, 3.05) is 13.7 Å². The summed E-state index contributed by atoms with van der Waals surface area (Å²) >= 11 is 2.06. The fourth-order valence-electron chi connectivity index (χ4n) is 3.17. The Kier molecular flexibility index (Phi) is 9.16. The fourth-order valence-corrected chi connectivity index (χ4v) is 3.80. The molecule has 0 unspecified atom stereocenters. The average Bonchev–Trinajstić information content (AvgIpc) is 2.74. The first kappa shape index (κ1) is 23.4. The van der Waals surface area contributed by atoms with Crippen LogP contribution >= 0.6 is 22.6 Å². The van der Waals surface area contributed by atoms with Crippen LogP contribution in [-0.2, 0) is 0 Å². The summed E-state index contributed by atoms with van der Waals surface area (Å²) in [4.78, 5) is 0. The Morgan fingerprint density at radius 3 is 2.45 bits per heavy atom. The molecule has 0 bridgehead atoms. The minimum atomic E-state index is -1.05. The largest absolute Gasteiger partial charge is 0.504 e. The van der Waals surface area contributed by atoms with E-state index in [1.165, 1.54) is 13.2 Å². The van der Waals surface area contributed by atoms with Crippen LogP contribution in [0.2, 0.25) is 0 Å². The molecule has 4 N–H and O–H groups in total. The summed E-state index contributed by atoms with van der Waals surface area (Å²) < 4.78 is 5.93. The first-order valence-corrected chi connectivity index (χ1v) is 10.4. The molecule has 0 aliphatic carbocycles. The highest BCUT2D eigenvalue weighted by Crippen LogP contribution is 2.34. The third kappa shape index (κ3) is 6.30. The van der Waals surface area contributed by atoms with Crippen molar-refractivity contribution in [1.82, 2.24) is 0 Å². The Balaban J connectivity index is 2.33. The van der Waals surface area contributed by atoms with Crippen LogP contribution in [0.5, 0.6) is 11.5 Å². The molecule has 0 aromatic heterocycles. The number of hydrogen-bond donors (Lipinski definition) is 4. The molecular weight excluding hydrogens is 483 g/mol. The van der Waals surface area contributed by atoms with Gasteiger partial charge in [0.2, 0.25) is 0 Å². The molecule has 0 fully saturated rings. The zero-order valence-electron chi connectivity index (χ0n) is 16.3. The highest BCUT2D eigenvalue weighted by atomic mass is 127. The SMILES string of the molecule is C=C[C@@H]([C@H](O)CO)[C@H](O)CC/C(=C/c1cc(I)c(O)c(OC)c1)c1ccccc1. The predicted molar refractivity (Wildman–Crippen MR) is 124 cm³/mol. The number of rotatable bonds is 10. The lowest BCUT2D eigenvalue weighted by atomic mass is 9.90. The monoisotopic (exact) mass is 510 g/mol. The fraction of sp³-hybridized carbons (Fsp3) is 0.304. The zero-order chi connectivity index (χ0) is 21.4. The number of halogens is 1. The lowest BCUT2D eigenvalue weighted by Gasteiger charge is -2.24. The Morgan fingerprint density at radius 1 is 1.17 bits per heavy atom. The van der Waals surface area contributed by atoms with Crippen molar-refractivity contribution >= 4 is 34.2 Å². The van der Waals surface area contributed by atoms with E-state index in [0.717, 1.165) is 16.7 Å². The number of aliphatic hydroxyl groups is 3. The quantitative estimate of drug-likeness (QED) is 0.222. The standard InChI is InChI=1S/C23H27IO5/c1-3-18(21(27)14-25)20(26)10-9-17(16-7-5-4-6-8-16)11-15-12-19(24)23(28)22(13-15)29-2/h3-8,11-13,18,20-21,25-28H,1,9-10,14H2,2H3/b17-11-/t18-,20-,21-/m1/s1. The maximum absolute atomic E-state index is 10.5. The number of aromatic hydroxyl groups is 1. The van der Waals surface area contributed by atoms with Crippen molar-refractivity contribution in [2.24, 2.45) is 5.92 Å². The number of allylic oxidation sites excluding steroid dienone is 1. The molecule has 2 rings (SSSR count). The van der Waals surface area contributed by atoms with Gasteiger partial charge in [0.15, 0.2) is 11.5 Å². The van der Waals surface area contributed by atoms with E-state index in [1.807, 2.05) is 42.5 Å². The van der Waals surface area contributed by atoms with Gasteiger partial charge in [-0.15, -0.1) is 6.58 Å². The van der Waals surface area contributed by atoms with Crippen molar-refractivity contribution in [2.45, 2.75) is 25.0 Å². The van der Waals surface area contributed by atoms with Gasteiger partial charge in [-0.3, -0.25) is 0 Å². The van der Waals surface area contributed by atoms with Gasteiger partial charge in [0.25, 0.3) is 0 Å². The summed E-state index contributed by atoms with van der Waals surface area (Å²) in [5, 5.41) is 39.6. The molecule has 5 nitrogen and oxygen atoms in total. The molecule has 0 saturated carbocycles. The topological polar surface area (TPSA) is 90.2 Å². The van der Waals surface area contributed by atoms with Gasteiger partial charge in [0, 0.05) is 5.92 Å². The maximum atomic E-state index is 10.5. The van der Waals surface area contributed by atoms with E-state index in [4.69, 9.17) is 4.74 Å². The molecule has 0 amide bonds. The van der Waals surface area contributed by atoms with E-state index in [-0.39, 0.29) is 5.75 Å². The molecular formula is C23H27IO5. The van der Waals surface area contributed by atoms with Crippen molar-refractivity contribution in [3.63, 3.8) is 0 Å². The molecule has 0 spiro atoms. The van der Waals surface area contributed by atoms with Gasteiger partial charge in [-0.2, -0.15) is 0 Å². The van der Waals surface area contributed by atoms with Crippen LogP contribution in [0, 0.1) is 9.49 Å². The molecule has 29 heavy (non-hydrogen) atoms. The second kappa shape index (κ2) is 11.3. The second-order valence-electron chi connectivity index (χ2n) is 6.76. The molecule has 0 aliphatic heterocycles. The smallest absolute Gasteiger partial charge is 0.171 e. The van der Waals surface area contributed by atoms with Gasteiger partial charge < -0.3 is 25.2 Å². The highest BCUT2D eigenvalue weighted by Gasteiger charge is 2.23. The number of methoxy groups -OCH3 is 1. The predicted octanol–water partition coefficient (Wildman–Crippen LogP) is 3.84. The number of ether oxygens (including phenoxy) is 1. The minimum absolute atomic E-state index is 0.105. The van der Waals surface area contributed by atoms with Gasteiger partial charge >= 0.3 is 0 Å². The summed E-state index contributed by atoms with van der Waals surface area (Å²) in [6.07, 6.45) is 2.53. The zero-order valence-corrected chi connectivity index (χ0v) is 18.5. The van der Waals surface area contributed by atoms with Crippen LogP contribution < -0.4 is 4.74 Å². The molecule has 2 aromatic carbocycles. The number of aliphatic hydroxyl groups excluding tert-OH is 3. The minimum Gasteiger partial charge on any atom is -0.504 e. The first-order valence-electron chi connectivity index (χ1n) is 9.33. The molecule has 0 saturated heterocycles. The third-order valence-electron chi connectivity index (χ3n) is 4.81. The van der Waals surface area contributed by atoms with Crippen molar-refractivity contribution in [3.05, 3.63) is 69.8 Å². The molecule has 6 heteroatoms. The molecule has 0 radical (unpaired) electrons. The maximum Gasteiger partial charge on any atom is 0.171 e. The van der Waals surface area contributed by atoms with Crippen LogP contribution in [-0.4, -0.2) is 46.4 Å².